The van der Waals surface area contributed by atoms with Gasteiger partial charge >= 0.3 is 11.9 Å². The molecule has 0 bridgehead atoms. The average molecular weight is 518 g/mol. The first-order valence-corrected chi connectivity index (χ1v) is 12.4. The van der Waals surface area contributed by atoms with Crippen molar-refractivity contribution in [3.8, 4) is 0 Å². The molecule has 2 aliphatic heterocycles. The molecule has 2 heterocycles. The highest BCUT2D eigenvalue weighted by atomic mass is 32.2. The molecule has 1 aromatic rings. The molecule has 186 valence electrons. The fourth-order valence-electron chi connectivity index (χ4n) is 3.61. The molecule has 1 N–H and O–H groups in total. The van der Waals surface area contributed by atoms with Crippen molar-refractivity contribution in [2.24, 2.45) is 0 Å². The van der Waals surface area contributed by atoms with Gasteiger partial charge in [-0.05, 0) is 31.5 Å². The molecule has 0 aliphatic carbocycles. The first-order chi connectivity index (χ1) is 15.9. The largest absolute Gasteiger partial charge is 0.460 e. The second-order valence-corrected chi connectivity index (χ2v) is 11.6. The number of nitrogens with one attached hydrogen (secondary N) is 1. The highest BCUT2D eigenvalue weighted by Crippen LogP contribution is 2.51. The first-order valence-electron chi connectivity index (χ1n) is 9.91. The molecule has 2 aliphatic rings. The number of hydrogen-bond acceptors (Lipinski definition) is 11. The monoisotopic (exact) mass is 517 g/mol. The number of β-lactam (4-membered cyclic amide) rings is 1. The number of sulfonamides is 1. The lowest BCUT2D eigenvalue weighted by atomic mass is 9.96. The van der Waals surface area contributed by atoms with Crippen molar-refractivity contribution in [1.82, 2.24) is 9.62 Å². The molecule has 0 radical (unpaired) electrons. The van der Waals surface area contributed by atoms with E-state index in [1.54, 1.807) is 13.8 Å². The number of nitrogens with zero attached hydrogens (tertiary/aromatic N) is 2. The van der Waals surface area contributed by atoms with Crippen LogP contribution in [0.5, 0.6) is 0 Å². The maximum absolute atomic E-state index is 12.7. The number of benzene rings is 1. The summed E-state index contributed by atoms with van der Waals surface area (Å²) >= 11 is 1.24. The number of nitro benzene ring substituents is 1. The Morgan fingerprint density at radius 2 is 1.88 bits per heavy atom. The average Bonchev–Trinajstić information content (AvgIpc) is 3.02. The summed E-state index contributed by atoms with van der Waals surface area (Å²) in [6.45, 7) is 2.92. The molecule has 2 fully saturated rings. The van der Waals surface area contributed by atoms with Crippen molar-refractivity contribution in [2.75, 3.05) is 19.7 Å². The summed E-state index contributed by atoms with van der Waals surface area (Å²) in [6.07, 6.45) is 0. The molecule has 3 atom stereocenters. The number of thioether (sulfide) groups is 1. The molecule has 34 heavy (non-hydrogen) atoms. The Hall–Kier alpha value is -2.75. The summed E-state index contributed by atoms with van der Waals surface area (Å²) in [5.41, 5.74) is 0.299. The SMILES string of the molecule is COCOC(=O)[C@@H]1N2C(=O)[C@@H](NS(=O)(=O)CC(=O)OCc3ccc([N+](=O)[O-])cc3)[C@H]2SC1(C)C. The molecule has 0 saturated carbocycles. The number of amides is 1. The van der Waals surface area contributed by atoms with Gasteiger partial charge in [0.2, 0.25) is 15.9 Å². The lowest BCUT2D eigenvalue weighted by Crippen LogP contribution is -2.70. The third-order valence-electron chi connectivity index (χ3n) is 5.14. The zero-order valence-electron chi connectivity index (χ0n) is 18.5. The van der Waals surface area contributed by atoms with E-state index in [-0.39, 0.29) is 19.1 Å². The normalized spacial score (nSPS) is 23.1. The highest BCUT2D eigenvalue weighted by molar-refractivity contribution is 8.01. The Balaban J connectivity index is 1.56. The van der Waals surface area contributed by atoms with Crippen LogP contribution in [0.25, 0.3) is 0 Å². The minimum Gasteiger partial charge on any atom is -0.460 e. The number of methoxy groups -OCH3 is 1. The summed E-state index contributed by atoms with van der Waals surface area (Å²) in [6, 6.07) is 3.16. The van der Waals surface area contributed by atoms with Crippen LogP contribution in [-0.4, -0.2) is 77.9 Å². The Kier molecular flexibility index (Phi) is 7.50. The van der Waals surface area contributed by atoms with Gasteiger partial charge < -0.3 is 19.1 Å². The van der Waals surface area contributed by atoms with Gasteiger partial charge in [-0.3, -0.25) is 19.7 Å². The molecule has 1 aromatic carbocycles. The topological polar surface area (TPSA) is 171 Å². The number of hydrogen-bond donors (Lipinski definition) is 1. The van der Waals surface area contributed by atoms with E-state index in [2.05, 4.69) is 4.72 Å². The number of non-ortho nitro benzene ring substituents is 1. The second kappa shape index (κ2) is 9.85. The molecule has 15 heteroatoms. The minimum atomic E-state index is -4.23. The van der Waals surface area contributed by atoms with Crippen LogP contribution in [0.15, 0.2) is 24.3 Å². The van der Waals surface area contributed by atoms with Gasteiger partial charge in [0.25, 0.3) is 5.69 Å². The fourth-order valence-corrected chi connectivity index (χ4v) is 6.41. The third-order valence-corrected chi connectivity index (χ3v) is 7.95. The van der Waals surface area contributed by atoms with Gasteiger partial charge in [0.15, 0.2) is 12.5 Å². The van der Waals surface area contributed by atoms with Gasteiger partial charge in [0, 0.05) is 24.0 Å². The van der Waals surface area contributed by atoms with Crippen molar-refractivity contribution >= 4 is 45.3 Å². The van der Waals surface area contributed by atoms with Gasteiger partial charge in [-0.25, -0.2) is 13.2 Å². The number of rotatable bonds is 10. The van der Waals surface area contributed by atoms with Crippen LogP contribution in [0, 0.1) is 10.1 Å². The molecular formula is C19H23N3O10S2. The highest BCUT2D eigenvalue weighted by Gasteiger charge is 2.64. The van der Waals surface area contributed by atoms with Crippen molar-refractivity contribution in [1.29, 1.82) is 0 Å². The summed E-state index contributed by atoms with van der Waals surface area (Å²) in [7, 11) is -2.89. The number of carbonyl (C=O) groups is 3. The molecule has 1 amide bonds. The van der Waals surface area contributed by atoms with Crippen LogP contribution in [0.3, 0.4) is 0 Å². The molecule has 0 aromatic heterocycles. The minimum absolute atomic E-state index is 0.136. The van der Waals surface area contributed by atoms with E-state index in [0.29, 0.717) is 5.56 Å². The zero-order valence-corrected chi connectivity index (χ0v) is 20.1. The lowest BCUT2D eigenvalue weighted by Gasteiger charge is -2.43. The Morgan fingerprint density at radius 3 is 2.47 bits per heavy atom. The molecule has 2 saturated heterocycles. The first kappa shape index (κ1) is 25.9. The number of nitro groups is 1. The Bertz CT molecular complexity index is 1090. The van der Waals surface area contributed by atoms with E-state index in [1.165, 1.54) is 48.0 Å². The summed E-state index contributed by atoms with van der Waals surface area (Å²) in [5.74, 6) is -3.35. The predicted molar refractivity (Wildman–Crippen MR) is 118 cm³/mol. The summed E-state index contributed by atoms with van der Waals surface area (Å²) in [4.78, 5) is 48.4. The maximum atomic E-state index is 12.7. The molecule has 3 rings (SSSR count). The number of ether oxygens (including phenoxy) is 3. The van der Waals surface area contributed by atoms with Crippen molar-refractivity contribution in [3.63, 3.8) is 0 Å². The van der Waals surface area contributed by atoms with E-state index < -0.39 is 60.7 Å². The van der Waals surface area contributed by atoms with Gasteiger partial charge in [0.05, 0.1) is 4.92 Å². The van der Waals surface area contributed by atoms with Gasteiger partial charge in [-0.1, -0.05) is 0 Å². The summed E-state index contributed by atoms with van der Waals surface area (Å²) in [5, 5.41) is 10.0. The molecule has 13 nitrogen and oxygen atoms in total. The lowest BCUT2D eigenvalue weighted by molar-refractivity contribution is -0.384. The van der Waals surface area contributed by atoms with Crippen molar-refractivity contribution in [2.45, 2.75) is 42.7 Å². The van der Waals surface area contributed by atoms with Crippen LogP contribution < -0.4 is 4.72 Å². The molecular weight excluding hydrogens is 494 g/mol. The van der Waals surface area contributed by atoms with E-state index in [1.807, 2.05) is 0 Å². The zero-order chi connectivity index (χ0) is 25.3. The third kappa shape index (κ3) is 5.48. The van der Waals surface area contributed by atoms with Crippen LogP contribution >= 0.6 is 11.8 Å². The van der Waals surface area contributed by atoms with Crippen LogP contribution in [0.2, 0.25) is 0 Å². The fraction of sp³-hybridized carbons (Fsp3) is 0.526. The van der Waals surface area contributed by atoms with Gasteiger partial charge in [-0.2, -0.15) is 4.72 Å². The van der Waals surface area contributed by atoms with Gasteiger partial charge in [0.1, 0.15) is 24.1 Å². The van der Waals surface area contributed by atoms with E-state index >= 15 is 0 Å². The van der Waals surface area contributed by atoms with Crippen LogP contribution in [0.4, 0.5) is 5.69 Å². The van der Waals surface area contributed by atoms with Crippen molar-refractivity contribution in [3.05, 3.63) is 39.9 Å². The van der Waals surface area contributed by atoms with Gasteiger partial charge in [-0.15, -0.1) is 11.8 Å². The predicted octanol–water partition coefficient (Wildman–Crippen LogP) is 0.135. The van der Waals surface area contributed by atoms with Crippen molar-refractivity contribution < 1.29 is 41.9 Å². The quantitative estimate of drug-likeness (QED) is 0.147. The molecule has 0 spiro atoms. The van der Waals surface area contributed by atoms with Crippen LogP contribution in [-0.2, 0) is 45.2 Å². The number of carbonyl (C=O) groups excluding carboxylic acids is 3. The van der Waals surface area contributed by atoms with E-state index in [9.17, 15) is 32.9 Å². The Labute approximate surface area is 199 Å². The molecule has 0 unspecified atom stereocenters. The Morgan fingerprint density at radius 1 is 1.24 bits per heavy atom. The second-order valence-electron chi connectivity index (χ2n) is 8.07. The standard InChI is InChI=1S/C19H23N3O10S2/c1-19(2)15(18(25)32-10-30-3)21-16(24)14(17(21)33-19)20-34(28,29)9-13(23)31-8-11-4-6-12(7-5-11)22(26)27/h4-7,14-15,17,20H,8-10H2,1-3H3/t14-,15+,17-/m1/s1. The number of esters is 2. The van der Waals surface area contributed by atoms with E-state index in [0.717, 1.165) is 0 Å². The number of fused-ring (bicyclic) bond motifs is 1. The smallest absolute Gasteiger partial charge is 0.332 e. The maximum Gasteiger partial charge on any atom is 0.332 e. The summed E-state index contributed by atoms with van der Waals surface area (Å²) < 4.78 is 41.0. The van der Waals surface area contributed by atoms with E-state index in [4.69, 9.17) is 14.2 Å². The van der Waals surface area contributed by atoms with Crippen LogP contribution in [0.1, 0.15) is 19.4 Å².